The number of pyridine rings is 1. The molecule has 0 saturated carbocycles. The molecular weight excluding hydrogens is 354 g/mol. The van der Waals surface area contributed by atoms with Gasteiger partial charge in [0.05, 0.1) is 23.7 Å². The summed E-state index contributed by atoms with van der Waals surface area (Å²) in [6, 6.07) is 6.94. The molecule has 3 rings (SSSR count). The molecule has 0 aromatic carbocycles. The summed E-state index contributed by atoms with van der Waals surface area (Å²) in [7, 11) is -1.20. The predicted molar refractivity (Wildman–Crippen MR) is 97.6 cm³/mol. The molecule has 3 heterocycles. The molecule has 2 aromatic heterocycles. The minimum atomic E-state index is -3.00. The second kappa shape index (κ2) is 7.36. The number of aryl methyl sites for hydroxylation is 1. The molecule has 1 aliphatic rings. The number of rotatable bonds is 5. The Hall–Kier alpha value is -2.55. The molecule has 138 valence electrons. The third-order valence-electron chi connectivity index (χ3n) is 4.33. The van der Waals surface area contributed by atoms with Crippen molar-refractivity contribution in [2.24, 2.45) is 0 Å². The fourth-order valence-corrected chi connectivity index (χ4v) is 4.66. The molecule has 1 atom stereocenters. The number of aromatic nitrogens is 3. The fraction of sp³-hybridized carbons (Fsp3) is 0.412. The normalized spacial score (nSPS) is 18.5. The van der Waals surface area contributed by atoms with Gasteiger partial charge >= 0.3 is 0 Å². The van der Waals surface area contributed by atoms with Crippen LogP contribution < -0.4 is 10.2 Å². The van der Waals surface area contributed by atoms with Crippen LogP contribution in [0.3, 0.4) is 0 Å². The van der Waals surface area contributed by atoms with Crippen LogP contribution in [0.2, 0.25) is 0 Å². The van der Waals surface area contributed by atoms with Crippen LogP contribution in [0.5, 0.6) is 0 Å². The number of amides is 1. The van der Waals surface area contributed by atoms with Gasteiger partial charge < -0.3 is 10.2 Å². The van der Waals surface area contributed by atoms with Gasteiger partial charge in [0.1, 0.15) is 17.3 Å². The van der Waals surface area contributed by atoms with Crippen molar-refractivity contribution in [3.63, 3.8) is 0 Å². The van der Waals surface area contributed by atoms with E-state index in [2.05, 4.69) is 20.3 Å². The third-order valence-corrected chi connectivity index (χ3v) is 6.08. The number of nitrogens with one attached hydrogen (secondary N) is 1. The van der Waals surface area contributed by atoms with Gasteiger partial charge in [-0.3, -0.25) is 9.78 Å². The lowest BCUT2D eigenvalue weighted by atomic mass is 10.2. The first kappa shape index (κ1) is 18.2. The summed E-state index contributed by atoms with van der Waals surface area (Å²) in [4.78, 5) is 27.0. The van der Waals surface area contributed by atoms with E-state index in [1.165, 1.54) is 0 Å². The fourth-order valence-electron chi connectivity index (χ4n) is 2.88. The molecule has 1 unspecified atom stereocenters. The molecule has 1 N–H and O–H groups in total. The van der Waals surface area contributed by atoms with Gasteiger partial charge in [0, 0.05) is 25.4 Å². The van der Waals surface area contributed by atoms with Crippen molar-refractivity contribution in [3.05, 3.63) is 47.7 Å². The maximum atomic E-state index is 12.4. The number of carbonyl (C=O) groups is 1. The van der Waals surface area contributed by atoms with Gasteiger partial charge in [-0.25, -0.2) is 18.4 Å². The van der Waals surface area contributed by atoms with E-state index >= 15 is 0 Å². The molecule has 0 radical (unpaired) electrons. The number of hydrogen-bond donors (Lipinski definition) is 1. The van der Waals surface area contributed by atoms with Crippen LogP contribution in [0.4, 0.5) is 5.82 Å². The Bertz CT molecular complexity index is 902. The van der Waals surface area contributed by atoms with Crippen molar-refractivity contribution in [2.75, 3.05) is 23.5 Å². The van der Waals surface area contributed by atoms with Crippen molar-refractivity contribution in [1.29, 1.82) is 0 Å². The van der Waals surface area contributed by atoms with E-state index in [0.29, 0.717) is 24.6 Å². The van der Waals surface area contributed by atoms with E-state index in [4.69, 9.17) is 0 Å². The first-order chi connectivity index (χ1) is 12.3. The second-order valence-electron chi connectivity index (χ2n) is 6.33. The van der Waals surface area contributed by atoms with Crippen molar-refractivity contribution < 1.29 is 13.2 Å². The zero-order valence-corrected chi connectivity index (χ0v) is 15.5. The number of anilines is 1. The van der Waals surface area contributed by atoms with Gasteiger partial charge in [-0.2, -0.15) is 0 Å². The Morgan fingerprint density at radius 1 is 1.35 bits per heavy atom. The molecule has 0 aliphatic carbocycles. The van der Waals surface area contributed by atoms with E-state index in [0.717, 1.165) is 5.69 Å². The molecule has 0 bridgehead atoms. The van der Waals surface area contributed by atoms with Crippen LogP contribution >= 0.6 is 0 Å². The van der Waals surface area contributed by atoms with Gasteiger partial charge in [0.2, 0.25) is 0 Å². The first-order valence-corrected chi connectivity index (χ1v) is 10.1. The molecule has 1 amide bonds. The summed E-state index contributed by atoms with van der Waals surface area (Å²) in [5.41, 5.74) is 0.997. The summed E-state index contributed by atoms with van der Waals surface area (Å²) in [6.07, 6.45) is 2.22. The highest BCUT2D eigenvalue weighted by atomic mass is 32.2. The lowest BCUT2D eigenvalue weighted by molar-refractivity contribution is 0.0945. The lowest BCUT2D eigenvalue weighted by Crippen LogP contribution is -2.34. The quantitative estimate of drug-likeness (QED) is 0.821. The smallest absolute Gasteiger partial charge is 0.270 e. The average Bonchev–Trinajstić information content (AvgIpc) is 2.99. The van der Waals surface area contributed by atoms with Gasteiger partial charge in [-0.05, 0) is 25.5 Å². The number of sulfone groups is 1. The van der Waals surface area contributed by atoms with Crippen LogP contribution in [-0.4, -0.2) is 53.9 Å². The van der Waals surface area contributed by atoms with Crippen molar-refractivity contribution in [2.45, 2.75) is 25.9 Å². The zero-order valence-electron chi connectivity index (χ0n) is 14.7. The Balaban J connectivity index is 1.73. The highest BCUT2D eigenvalue weighted by molar-refractivity contribution is 7.91. The summed E-state index contributed by atoms with van der Waals surface area (Å²) >= 11 is 0. The van der Waals surface area contributed by atoms with Crippen molar-refractivity contribution >= 4 is 21.6 Å². The summed E-state index contributed by atoms with van der Waals surface area (Å²) < 4.78 is 23.4. The van der Waals surface area contributed by atoms with Crippen LogP contribution in [0.15, 0.2) is 30.5 Å². The summed E-state index contributed by atoms with van der Waals surface area (Å²) in [5, 5.41) is 2.79. The SMILES string of the molecule is Cc1nc(C(=O)NCc2ccccn2)cc(N(C)C2CCS(=O)(=O)C2)n1. The molecule has 9 heteroatoms. The second-order valence-corrected chi connectivity index (χ2v) is 8.56. The minimum absolute atomic E-state index is 0.105. The third kappa shape index (κ3) is 4.34. The van der Waals surface area contributed by atoms with E-state index in [1.54, 1.807) is 26.2 Å². The van der Waals surface area contributed by atoms with Gasteiger partial charge in [-0.15, -0.1) is 0 Å². The maximum absolute atomic E-state index is 12.4. The van der Waals surface area contributed by atoms with E-state index < -0.39 is 9.84 Å². The Labute approximate surface area is 152 Å². The monoisotopic (exact) mass is 375 g/mol. The minimum Gasteiger partial charge on any atom is -0.356 e. The maximum Gasteiger partial charge on any atom is 0.270 e. The van der Waals surface area contributed by atoms with Crippen LogP contribution in [0.1, 0.15) is 28.4 Å². The molecule has 1 fully saturated rings. The van der Waals surface area contributed by atoms with Crippen molar-refractivity contribution in [3.8, 4) is 0 Å². The highest BCUT2D eigenvalue weighted by Crippen LogP contribution is 2.22. The standard InChI is InChI=1S/C17H21N5O3S/c1-12-20-15(17(23)19-10-13-5-3-4-7-18-13)9-16(21-12)22(2)14-6-8-26(24,25)11-14/h3-5,7,9,14H,6,8,10-11H2,1-2H3,(H,19,23). The Morgan fingerprint density at radius 2 is 2.15 bits per heavy atom. The van der Waals surface area contributed by atoms with E-state index in [-0.39, 0.29) is 29.1 Å². The molecule has 8 nitrogen and oxygen atoms in total. The lowest BCUT2D eigenvalue weighted by Gasteiger charge is -2.24. The first-order valence-electron chi connectivity index (χ1n) is 8.31. The van der Waals surface area contributed by atoms with Gasteiger partial charge in [0.25, 0.3) is 5.91 Å². The van der Waals surface area contributed by atoms with Gasteiger partial charge in [0.15, 0.2) is 9.84 Å². The van der Waals surface area contributed by atoms with Crippen LogP contribution in [-0.2, 0) is 16.4 Å². The molecule has 2 aromatic rings. The molecular formula is C17H21N5O3S. The van der Waals surface area contributed by atoms with Gasteiger partial charge in [-0.1, -0.05) is 6.07 Å². The molecule has 1 saturated heterocycles. The molecule has 26 heavy (non-hydrogen) atoms. The van der Waals surface area contributed by atoms with E-state index in [1.807, 2.05) is 23.1 Å². The highest BCUT2D eigenvalue weighted by Gasteiger charge is 2.31. The van der Waals surface area contributed by atoms with Crippen LogP contribution in [0.25, 0.3) is 0 Å². The topological polar surface area (TPSA) is 105 Å². The molecule has 0 spiro atoms. The van der Waals surface area contributed by atoms with E-state index in [9.17, 15) is 13.2 Å². The number of nitrogens with zero attached hydrogens (tertiary/aromatic N) is 4. The Kier molecular flexibility index (Phi) is 5.17. The molecule has 1 aliphatic heterocycles. The van der Waals surface area contributed by atoms with Crippen molar-refractivity contribution in [1.82, 2.24) is 20.3 Å². The van der Waals surface area contributed by atoms with Crippen LogP contribution in [0, 0.1) is 6.92 Å². The predicted octanol–water partition coefficient (Wildman–Crippen LogP) is 0.733. The summed E-state index contributed by atoms with van der Waals surface area (Å²) in [5.74, 6) is 0.965. The summed E-state index contributed by atoms with van der Waals surface area (Å²) in [6.45, 7) is 2.01. The number of hydrogen-bond acceptors (Lipinski definition) is 7. The Morgan fingerprint density at radius 3 is 2.81 bits per heavy atom. The largest absolute Gasteiger partial charge is 0.356 e. The zero-order chi connectivity index (χ0) is 18.7. The number of carbonyl (C=O) groups excluding carboxylic acids is 1. The average molecular weight is 375 g/mol.